The normalized spacial score (nSPS) is 14.8. The maximum absolute atomic E-state index is 13.4. The molecule has 0 fully saturated rings. The molecule has 316 valence electrons. The van der Waals surface area contributed by atoms with Gasteiger partial charge in [-0.3, -0.25) is 9.97 Å². The summed E-state index contributed by atoms with van der Waals surface area (Å²) in [6.07, 6.45) is 8.56. The molecule has 62 heavy (non-hydrogen) atoms. The predicted molar refractivity (Wildman–Crippen MR) is 241 cm³/mol. The van der Waals surface area contributed by atoms with Crippen LogP contribution in [0, 0.1) is 0 Å². The first-order valence-corrected chi connectivity index (χ1v) is 24.4. The van der Waals surface area contributed by atoms with Crippen LogP contribution >= 0.6 is 22.7 Å². The molecule has 2 N–H and O–H groups in total. The minimum absolute atomic E-state index is 0.139. The molecule has 0 saturated carbocycles. The smallest absolute Gasteiger partial charge is 0.241 e. The number of nitrogens with one attached hydrogen (secondary N) is 2. The molecule has 2 aliphatic heterocycles. The maximum atomic E-state index is 13.4. The molecular formula is C46H40N4O8S4. The molecule has 10 rings (SSSR count). The Bertz CT molecular complexity index is 2780. The van der Waals surface area contributed by atoms with Gasteiger partial charge in [0.2, 0.25) is 20.0 Å². The van der Waals surface area contributed by atoms with Crippen molar-refractivity contribution in [1.29, 1.82) is 0 Å². The lowest BCUT2D eigenvalue weighted by molar-refractivity contribution is 0.296. The number of nitrogens with zero attached hydrogens (tertiary/aromatic N) is 2. The van der Waals surface area contributed by atoms with Gasteiger partial charge in [-0.1, -0.05) is 60.7 Å². The highest BCUT2D eigenvalue weighted by molar-refractivity contribution is 7.89. The van der Waals surface area contributed by atoms with Crippen LogP contribution in [0.2, 0.25) is 0 Å². The van der Waals surface area contributed by atoms with Crippen molar-refractivity contribution in [2.24, 2.45) is 0 Å². The molecule has 0 aliphatic carbocycles. The fraction of sp³-hybridized carbons (Fsp3) is 0.174. The van der Waals surface area contributed by atoms with Crippen LogP contribution in [0.3, 0.4) is 0 Å². The molecule has 12 nitrogen and oxygen atoms in total. The van der Waals surface area contributed by atoms with E-state index in [4.69, 9.17) is 18.9 Å². The Balaban J connectivity index is 0.000000158. The van der Waals surface area contributed by atoms with Gasteiger partial charge in [-0.15, -0.1) is 22.7 Å². The van der Waals surface area contributed by atoms with E-state index >= 15 is 0 Å². The van der Waals surface area contributed by atoms with Crippen LogP contribution in [-0.4, -0.2) is 53.2 Å². The van der Waals surface area contributed by atoms with Crippen molar-refractivity contribution in [3.63, 3.8) is 0 Å². The van der Waals surface area contributed by atoms with E-state index < -0.39 is 32.1 Å². The van der Waals surface area contributed by atoms with Gasteiger partial charge in [0.05, 0.1) is 48.3 Å². The zero-order chi connectivity index (χ0) is 42.5. The van der Waals surface area contributed by atoms with Gasteiger partial charge in [0.15, 0.2) is 23.0 Å². The summed E-state index contributed by atoms with van der Waals surface area (Å²) in [4.78, 5) is 10.4. The number of hydrogen-bond acceptors (Lipinski definition) is 12. The maximum Gasteiger partial charge on any atom is 0.241 e. The SMILES string of the molecule is O=S(=O)(N[C@@H](c1ccccc1)c1cc2cnccc2s1)c1ccc2c(c1)OCCCO2.O=S(=O)(N[C@H](c1ccccc1)c1cc2cnccc2s1)c1ccc2c(c1)OCCCO2. The van der Waals surface area contributed by atoms with Crippen LogP contribution in [0.5, 0.6) is 23.0 Å². The highest BCUT2D eigenvalue weighted by Crippen LogP contribution is 2.38. The van der Waals surface area contributed by atoms with Crippen LogP contribution in [-0.2, 0) is 20.0 Å². The van der Waals surface area contributed by atoms with Crippen molar-refractivity contribution in [1.82, 2.24) is 19.4 Å². The second-order valence-corrected chi connectivity index (χ2v) is 20.0. The summed E-state index contributed by atoms with van der Waals surface area (Å²) in [7, 11) is -7.67. The molecule has 0 radical (unpaired) electrons. The molecule has 8 aromatic rings. The number of pyridine rings is 2. The summed E-state index contributed by atoms with van der Waals surface area (Å²) in [5.41, 5.74) is 1.72. The Kier molecular flexibility index (Phi) is 12.2. The molecule has 16 heteroatoms. The minimum atomic E-state index is -3.83. The van der Waals surface area contributed by atoms with Gasteiger partial charge in [-0.05, 0) is 59.7 Å². The van der Waals surface area contributed by atoms with E-state index in [0.29, 0.717) is 49.4 Å². The van der Waals surface area contributed by atoms with E-state index in [1.54, 1.807) is 71.7 Å². The number of fused-ring (bicyclic) bond motifs is 4. The summed E-state index contributed by atoms with van der Waals surface area (Å²) in [5, 5.41) is 1.97. The lowest BCUT2D eigenvalue weighted by Crippen LogP contribution is -2.29. The molecule has 4 aromatic carbocycles. The fourth-order valence-corrected chi connectivity index (χ4v) is 11.8. The molecule has 6 heterocycles. The summed E-state index contributed by atoms with van der Waals surface area (Å²) >= 11 is 3.10. The van der Waals surface area contributed by atoms with Crippen molar-refractivity contribution in [2.45, 2.75) is 34.7 Å². The van der Waals surface area contributed by atoms with E-state index in [0.717, 1.165) is 53.9 Å². The first-order chi connectivity index (χ1) is 30.2. The second kappa shape index (κ2) is 18.2. The Hall–Kier alpha value is -5.88. The van der Waals surface area contributed by atoms with Gasteiger partial charge in [0.1, 0.15) is 0 Å². The molecule has 2 aliphatic rings. The topological polar surface area (TPSA) is 155 Å². The van der Waals surface area contributed by atoms with Crippen LogP contribution in [0.25, 0.3) is 20.2 Å². The molecule has 2 atom stereocenters. The van der Waals surface area contributed by atoms with Crippen molar-refractivity contribution < 1.29 is 35.8 Å². The van der Waals surface area contributed by atoms with E-state index in [1.807, 2.05) is 84.9 Å². The number of hydrogen-bond donors (Lipinski definition) is 2. The first-order valence-electron chi connectivity index (χ1n) is 19.8. The number of benzene rings is 4. The van der Waals surface area contributed by atoms with Crippen molar-refractivity contribution >= 4 is 62.9 Å². The molecule has 0 unspecified atom stereocenters. The minimum Gasteiger partial charge on any atom is -0.490 e. The predicted octanol–water partition coefficient (Wildman–Crippen LogP) is 9.05. The van der Waals surface area contributed by atoms with Crippen molar-refractivity contribution in [3.8, 4) is 23.0 Å². The summed E-state index contributed by atoms with van der Waals surface area (Å²) in [6, 6.07) is 35.4. The Morgan fingerprint density at radius 2 is 0.887 bits per heavy atom. The lowest BCUT2D eigenvalue weighted by atomic mass is 10.1. The van der Waals surface area contributed by atoms with E-state index in [9.17, 15) is 16.8 Å². The Morgan fingerprint density at radius 3 is 1.29 bits per heavy atom. The lowest BCUT2D eigenvalue weighted by Gasteiger charge is -2.19. The highest BCUT2D eigenvalue weighted by Gasteiger charge is 2.28. The molecule has 4 aromatic heterocycles. The highest BCUT2D eigenvalue weighted by atomic mass is 32.2. The average Bonchev–Trinajstić information content (AvgIpc) is 3.75. The zero-order valence-electron chi connectivity index (χ0n) is 33.0. The molecular weight excluding hydrogens is 865 g/mol. The first kappa shape index (κ1) is 41.5. The van der Waals surface area contributed by atoms with E-state index in [2.05, 4.69) is 19.4 Å². The van der Waals surface area contributed by atoms with Gasteiger partial charge in [0, 0.05) is 79.7 Å². The standard InChI is InChI=1S/2C23H20N2O4S2/c2*26-31(27,18-7-8-19-20(14-18)29-12-4-11-28-19)25-23(16-5-2-1-3-6-16)22-13-17-15-24-10-9-21(17)30-22/h2*1-3,5-10,13-15,23,25H,4,11-12H2/t2*23-/m10/s1. The van der Waals surface area contributed by atoms with Gasteiger partial charge < -0.3 is 18.9 Å². The van der Waals surface area contributed by atoms with Crippen LogP contribution in [0.1, 0.15) is 45.8 Å². The third-order valence-electron chi connectivity index (χ3n) is 10.1. The van der Waals surface area contributed by atoms with E-state index in [1.165, 1.54) is 12.1 Å². The fourth-order valence-electron chi connectivity index (χ4n) is 7.03. The Morgan fingerprint density at radius 1 is 0.484 bits per heavy atom. The monoisotopic (exact) mass is 904 g/mol. The van der Waals surface area contributed by atoms with E-state index in [-0.39, 0.29) is 9.79 Å². The zero-order valence-corrected chi connectivity index (χ0v) is 36.3. The van der Waals surface area contributed by atoms with Gasteiger partial charge >= 0.3 is 0 Å². The molecule has 0 saturated heterocycles. The van der Waals surface area contributed by atoms with Crippen LogP contribution in [0.4, 0.5) is 0 Å². The third kappa shape index (κ3) is 9.30. The number of ether oxygens (including phenoxy) is 4. The molecule has 0 spiro atoms. The summed E-state index contributed by atoms with van der Waals surface area (Å²) in [5.74, 6) is 2.02. The second-order valence-electron chi connectivity index (χ2n) is 14.4. The van der Waals surface area contributed by atoms with Crippen LogP contribution < -0.4 is 28.4 Å². The molecule has 0 amide bonds. The summed E-state index contributed by atoms with van der Waals surface area (Å²) < 4.78 is 83.9. The number of sulfonamides is 2. The number of aromatic nitrogens is 2. The Labute approximate surface area is 367 Å². The average molecular weight is 905 g/mol. The molecule has 0 bridgehead atoms. The van der Waals surface area contributed by atoms with Gasteiger partial charge in [-0.25, -0.2) is 16.8 Å². The number of rotatable bonds is 10. The number of thiophene rings is 2. The quantitative estimate of drug-likeness (QED) is 0.136. The van der Waals surface area contributed by atoms with Gasteiger partial charge in [-0.2, -0.15) is 9.44 Å². The largest absolute Gasteiger partial charge is 0.490 e. The van der Waals surface area contributed by atoms with Crippen LogP contribution in [0.15, 0.2) is 156 Å². The van der Waals surface area contributed by atoms with Crippen molar-refractivity contribution in [2.75, 3.05) is 26.4 Å². The van der Waals surface area contributed by atoms with Gasteiger partial charge in [0.25, 0.3) is 0 Å². The van der Waals surface area contributed by atoms with Crippen molar-refractivity contribution in [3.05, 3.63) is 167 Å². The third-order valence-corrected chi connectivity index (χ3v) is 15.3. The summed E-state index contributed by atoms with van der Waals surface area (Å²) in [6.45, 7) is 2.08.